The predicted molar refractivity (Wildman–Crippen MR) is 95.6 cm³/mol. The first-order valence-corrected chi connectivity index (χ1v) is 8.73. The van der Waals surface area contributed by atoms with Crippen molar-refractivity contribution in [1.29, 1.82) is 0 Å². The number of hydrogen-bond donors (Lipinski definition) is 2. The van der Waals surface area contributed by atoms with Crippen molar-refractivity contribution in [2.75, 3.05) is 5.73 Å². The van der Waals surface area contributed by atoms with E-state index in [0.29, 0.717) is 11.5 Å². The van der Waals surface area contributed by atoms with Crippen LogP contribution in [0.25, 0.3) is 0 Å². The van der Waals surface area contributed by atoms with Crippen molar-refractivity contribution in [3.05, 3.63) is 53.6 Å². The minimum atomic E-state index is -0.658. The van der Waals surface area contributed by atoms with Crippen LogP contribution in [0.4, 0.5) is 5.69 Å². The third kappa shape index (κ3) is 3.02. The van der Waals surface area contributed by atoms with Crippen LogP contribution in [-0.4, -0.2) is 18.1 Å². The summed E-state index contributed by atoms with van der Waals surface area (Å²) in [6.07, 6.45) is 1.95. The van der Waals surface area contributed by atoms with Crippen molar-refractivity contribution >= 4 is 11.6 Å². The maximum Gasteiger partial charge on any atom is 0.265 e. The molecular weight excluding hydrogens is 316 g/mol. The van der Waals surface area contributed by atoms with E-state index in [1.165, 1.54) is 5.56 Å². The number of ether oxygens (including phenoxy) is 2. The molecule has 1 aliphatic carbocycles. The van der Waals surface area contributed by atoms with Gasteiger partial charge in [-0.15, -0.1) is 0 Å². The highest BCUT2D eigenvalue weighted by molar-refractivity contribution is 5.83. The molecule has 0 spiro atoms. The molecule has 3 atom stereocenters. The zero-order valence-corrected chi connectivity index (χ0v) is 14.2. The van der Waals surface area contributed by atoms with Crippen LogP contribution in [0.1, 0.15) is 36.9 Å². The van der Waals surface area contributed by atoms with Gasteiger partial charge in [0.25, 0.3) is 5.91 Å². The van der Waals surface area contributed by atoms with Crippen LogP contribution in [0.15, 0.2) is 42.5 Å². The Morgan fingerprint density at radius 2 is 1.92 bits per heavy atom. The minimum Gasteiger partial charge on any atom is -0.482 e. The fourth-order valence-corrected chi connectivity index (χ4v) is 3.64. The highest BCUT2D eigenvalue weighted by atomic mass is 16.6. The lowest BCUT2D eigenvalue weighted by molar-refractivity contribution is -0.134. The van der Waals surface area contributed by atoms with Gasteiger partial charge in [-0.2, -0.15) is 0 Å². The number of carbonyl (C=O) groups is 1. The number of para-hydroxylation sites is 2. The number of aryl methyl sites for hydroxylation is 1. The van der Waals surface area contributed by atoms with Gasteiger partial charge >= 0.3 is 0 Å². The van der Waals surface area contributed by atoms with Crippen LogP contribution < -0.4 is 20.5 Å². The molecule has 3 unspecified atom stereocenters. The smallest absolute Gasteiger partial charge is 0.265 e. The maximum atomic E-state index is 12.8. The number of nitrogen functional groups attached to an aromatic ring is 1. The number of hydrogen-bond acceptors (Lipinski definition) is 4. The van der Waals surface area contributed by atoms with Gasteiger partial charge in [-0.05, 0) is 61.6 Å². The van der Waals surface area contributed by atoms with E-state index in [4.69, 9.17) is 15.2 Å². The molecule has 0 aromatic heterocycles. The lowest BCUT2D eigenvalue weighted by atomic mass is 9.87. The summed E-state index contributed by atoms with van der Waals surface area (Å²) in [5.74, 6) is 1.15. The van der Waals surface area contributed by atoms with Crippen molar-refractivity contribution in [3.63, 3.8) is 0 Å². The molecule has 1 amide bonds. The van der Waals surface area contributed by atoms with Gasteiger partial charge in [0.15, 0.2) is 11.5 Å². The molecule has 0 saturated carbocycles. The molecule has 2 aromatic rings. The normalized spacial score (nSPS) is 24.3. The van der Waals surface area contributed by atoms with E-state index in [9.17, 15) is 4.79 Å². The first kappa shape index (κ1) is 15.8. The Morgan fingerprint density at radius 1 is 1.16 bits per heavy atom. The van der Waals surface area contributed by atoms with E-state index in [-0.39, 0.29) is 18.1 Å². The van der Waals surface area contributed by atoms with Crippen LogP contribution in [0, 0.1) is 0 Å². The third-order valence-electron chi connectivity index (χ3n) is 4.90. The molecule has 3 N–H and O–H groups in total. The second-order valence-electron chi connectivity index (χ2n) is 6.72. The molecule has 0 bridgehead atoms. The number of nitrogens with one attached hydrogen (secondary N) is 1. The number of amides is 1. The highest BCUT2D eigenvalue weighted by Crippen LogP contribution is 2.35. The summed E-state index contributed by atoms with van der Waals surface area (Å²) in [5, 5.41) is 3.14. The summed E-state index contributed by atoms with van der Waals surface area (Å²) in [7, 11) is 0. The standard InChI is InChI=1S/C20H22N2O3/c1-12-19(25-18-8-3-2-7-17(18)24-12)20(23)22-16-6-4-5-13-11-14(21)9-10-15(13)16/h2-3,7-12,16,19H,4-6,21H2,1H3,(H,22,23). The summed E-state index contributed by atoms with van der Waals surface area (Å²) < 4.78 is 11.7. The van der Waals surface area contributed by atoms with Gasteiger partial charge in [-0.25, -0.2) is 0 Å². The fraction of sp³-hybridized carbons (Fsp3) is 0.350. The van der Waals surface area contributed by atoms with Crippen LogP contribution >= 0.6 is 0 Å². The number of fused-ring (bicyclic) bond motifs is 2. The largest absolute Gasteiger partial charge is 0.482 e. The Kier molecular flexibility index (Phi) is 3.99. The Balaban J connectivity index is 1.52. The molecular formula is C20H22N2O3. The molecule has 25 heavy (non-hydrogen) atoms. The molecule has 1 heterocycles. The van der Waals surface area contributed by atoms with Gasteiger partial charge in [0.1, 0.15) is 6.10 Å². The molecule has 0 radical (unpaired) electrons. The molecule has 2 aromatic carbocycles. The summed E-state index contributed by atoms with van der Waals surface area (Å²) in [4.78, 5) is 12.8. The molecule has 5 nitrogen and oxygen atoms in total. The van der Waals surface area contributed by atoms with Gasteiger partial charge in [0.2, 0.25) is 6.10 Å². The van der Waals surface area contributed by atoms with Gasteiger partial charge in [0, 0.05) is 5.69 Å². The molecule has 5 heteroatoms. The minimum absolute atomic E-state index is 0.00943. The van der Waals surface area contributed by atoms with Crippen molar-refractivity contribution in [1.82, 2.24) is 5.32 Å². The summed E-state index contributed by atoms with van der Waals surface area (Å²) >= 11 is 0. The number of rotatable bonds is 2. The maximum absolute atomic E-state index is 12.8. The first-order chi connectivity index (χ1) is 12.1. The second kappa shape index (κ2) is 6.31. The number of carbonyl (C=O) groups excluding carboxylic acids is 1. The van der Waals surface area contributed by atoms with E-state index in [2.05, 4.69) is 5.32 Å². The average molecular weight is 338 g/mol. The molecule has 2 aliphatic rings. The van der Waals surface area contributed by atoms with E-state index >= 15 is 0 Å². The summed E-state index contributed by atoms with van der Waals surface area (Å²) in [6, 6.07) is 13.3. The SMILES string of the molecule is CC1Oc2ccccc2OC1C(=O)NC1CCCc2cc(N)ccc21. The zero-order chi connectivity index (χ0) is 17.4. The Bertz CT molecular complexity index is 805. The first-order valence-electron chi connectivity index (χ1n) is 8.73. The van der Waals surface area contributed by atoms with E-state index in [1.807, 2.05) is 49.4 Å². The third-order valence-corrected chi connectivity index (χ3v) is 4.90. The number of benzene rings is 2. The average Bonchev–Trinajstić information content (AvgIpc) is 2.61. The van der Waals surface area contributed by atoms with Gasteiger partial charge in [-0.1, -0.05) is 18.2 Å². The van der Waals surface area contributed by atoms with Crippen LogP contribution in [0.3, 0.4) is 0 Å². The Hall–Kier alpha value is -2.69. The lowest BCUT2D eigenvalue weighted by Crippen LogP contribution is -2.50. The van der Waals surface area contributed by atoms with Crippen molar-refractivity contribution in [2.24, 2.45) is 0 Å². The molecule has 130 valence electrons. The van der Waals surface area contributed by atoms with Crippen LogP contribution in [-0.2, 0) is 11.2 Å². The van der Waals surface area contributed by atoms with Gasteiger partial charge in [-0.3, -0.25) is 4.79 Å². The number of nitrogens with two attached hydrogens (primary N) is 1. The zero-order valence-electron chi connectivity index (χ0n) is 14.2. The summed E-state index contributed by atoms with van der Waals surface area (Å²) in [5.41, 5.74) is 9.02. The van der Waals surface area contributed by atoms with Crippen LogP contribution in [0.5, 0.6) is 11.5 Å². The molecule has 4 rings (SSSR count). The highest BCUT2D eigenvalue weighted by Gasteiger charge is 2.35. The van der Waals surface area contributed by atoms with Gasteiger partial charge in [0.05, 0.1) is 6.04 Å². The monoisotopic (exact) mass is 338 g/mol. The molecule has 0 saturated heterocycles. The quantitative estimate of drug-likeness (QED) is 0.826. The van der Waals surface area contributed by atoms with Gasteiger partial charge < -0.3 is 20.5 Å². The van der Waals surface area contributed by atoms with E-state index in [1.54, 1.807) is 0 Å². The number of anilines is 1. The lowest BCUT2D eigenvalue weighted by Gasteiger charge is -2.33. The fourth-order valence-electron chi connectivity index (χ4n) is 3.64. The Labute approximate surface area is 147 Å². The van der Waals surface area contributed by atoms with Crippen molar-refractivity contribution < 1.29 is 14.3 Å². The summed E-state index contributed by atoms with van der Waals surface area (Å²) in [6.45, 7) is 1.86. The van der Waals surface area contributed by atoms with E-state index in [0.717, 1.165) is 30.5 Å². The topological polar surface area (TPSA) is 73.6 Å². The molecule has 0 fully saturated rings. The van der Waals surface area contributed by atoms with Crippen molar-refractivity contribution in [2.45, 2.75) is 44.4 Å². The van der Waals surface area contributed by atoms with Crippen molar-refractivity contribution in [3.8, 4) is 11.5 Å². The predicted octanol–water partition coefficient (Wildman–Crippen LogP) is 2.99. The second-order valence-corrected chi connectivity index (χ2v) is 6.72. The van der Waals surface area contributed by atoms with Crippen LogP contribution in [0.2, 0.25) is 0 Å². The molecule has 1 aliphatic heterocycles. The Morgan fingerprint density at radius 3 is 2.72 bits per heavy atom. The van der Waals surface area contributed by atoms with E-state index < -0.39 is 6.10 Å².